The number of carboxylic acid groups (broad SMARTS) is 1. The Hall–Kier alpha value is -3.12. The number of benzene rings is 2. The summed E-state index contributed by atoms with van der Waals surface area (Å²) < 4.78 is 1.90. The predicted molar refractivity (Wildman–Crippen MR) is 116 cm³/mol. The van der Waals surface area contributed by atoms with Gasteiger partial charge < -0.3 is 10.4 Å². The van der Waals surface area contributed by atoms with Crippen LogP contribution in [0, 0.1) is 0 Å². The number of hydrogen-bond acceptors (Lipinski definition) is 4. The molecule has 0 saturated carbocycles. The van der Waals surface area contributed by atoms with Crippen LogP contribution < -0.4 is 5.32 Å². The molecule has 3 aromatic rings. The average Bonchev–Trinajstić information content (AvgIpc) is 3.38. The van der Waals surface area contributed by atoms with E-state index in [-0.39, 0.29) is 5.56 Å². The average molecular weight is 402 g/mol. The van der Waals surface area contributed by atoms with Crippen LogP contribution in [0.2, 0.25) is 0 Å². The van der Waals surface area contributed by atoms with Crippen molar-refractivity contribution in [3.8, 4) is 5.69 Å². The van der Waals surface area contributed by atoms with Gasteiger partial charge in [0.25, 0.3) is 0 Å². The highest BCUT2D eigenvalue weighted by molar-refractivity contribution is 5.88. The molecule has 1 saturated heterocycles. The summed E-state index contributed by atoms with van der Waals surface area (Å²) in [5.74, 6) is 0.505. The molecule has 6 nitrogen and oxygen atoms in total. The molecule has 1 atom stereocenters. The highest BCUT2D eigenvalue weighted by Gasteiger charge is 2.30. The van der Waals surface area contributed by atoms with Gasteiger partial charge in [-0.1, -0.05) is 36.4 Å². The zero-order chi connectivity index (χ0) is 20.5. The SMILES string of the molecule is O=C(O)c1cccc(-n2nc(C3CCCN(Cc4ccccc4)C3)c3c2NCC3)c1. The van der Waals surface area contributed by atoms with Crippen molar-refractivity contribution in [3.63, 3.8) is 0 Å². The summed E-state index contributed by atoms with van der Waals surface area (Å²) in [5.41, 5.74) is 4.89. The van der Waals surface area contributed by atoms with Crippen LogP contribution in [-0.4, -0.2) is 45.4 Å². The number of aromatic nitrogens is 2. The number of piperidine rings is 1. The van der Waals surface area contributed by atoms with Gasteiger partial charge in [-0.25, -0.2) is 9.48 Å². The summed E-state index contributed by atoms with van der Waals surface area (Å²) in [6, 6.07) is 17.7. The molecular formula is C24H26N4O2. The van der Waals surface area contributed by atoms with E-state index < -0.39 is 5.97 Å². The monoisotopic (exact) mass is 402 g/mol. The molecule has 2 aliphatic rings. The number of likely N-dealkylation sites (tertiary alicyclic amines) is 1. The van der Waals surface area contributed by atoms with Gasteiger partial charge in [-0.2, -0.15) is 5.10 Å². The van der Waals surface area contributed by atoms with Gasteiger partial charge in [0.05, 0.1) is 16.9 Å². The molecule has 2 aliphatic heterocycles. The third-order valence-corrected chi connectivity index (χ3v) is 6.16. The quantitative estimate of drug-likeness (QED) is 0.677. The maximum Gasteiger partial charge on any atom is 0.335 e. The van der Waals surface area contributed by atoms with Gasteiger partial charge in [-0.15, -0.1) is 0 Å². The molecule has 0 amide bonds. The minimum absolute atomic E-state index is 0.281. The standard InChI is InChI=1S/C24H26N4O2/c29-24(30)18-8-4-10-20(14-18)28-23-21(11-12-25-23)22(26-28)19-9-5-13-27(16-19)15-17-6-2-1-3-7-17/h1-4,6-8,10,14,19,25H,5,9,11-13,15-16H2,(H,29,30). The molecule has 1 fully saturated rings. The Labute approximate surface area is 176 Å². The predicted octanol–water partition coefficient (Wildman–Crippen LogP) is 3.92. The molecule has 6 heteroatoms. The van der Waals surface area contributed by atoms with Crippen molar-refractivity contribution in [3.05, 3.63) is 77.0 Å². The summed E-state index contributed by atoms with van der Waals surface area (Å²) in [5, 5.41) is 17.8. The summed E-state index contributed by atoms with van der Waals surface area (Å²) in [6.07, 6.45) is 3.28. The number of hydrogen-bond donors (Lipinski definition) is 2. The van der Waals surface area contributed by atoms with Gasteiger partial charge in [0.1, 0.15) is 5.82 Å². The molecule has 1 aromatic heterocycles. The fourth-order valence-electron chi connectivity index (χ4n) is 4.75. The number of carboxylic acids is 1. The van der Waals surface area contributed by atoms with E-state index in [4.69, 9.17) is 5.10 Å². The van der Waals surface area contributed by atoms with Crippen molar-refractivity contribution < 1.29 is 9.90 Å². The lowest BCUT2D eigenvalue weighted by Gasteiger charge is -2.32. The minimum atomic E-state index is -0.919. The molecular weight excluding hydrogens is 376 g/mol. The van der Waals surface area contributed by atoms with Crippen molar-refractivity contribution in [2.75, 3.05) is 25.0 Å². The Morgan fingerprint density at radius 2 is 2.03 bits per heavy atom. The van der Waals surface area contributed by atoms with Gasteiger partial charge in [-0.05, 0) is 49.6 Å². The molecule has 0 spiro atoms. The summed E-state index contributed by atoms with van der Waals surface area (Å²) in [4.78, 5) is 13.9. The number of carbonyl (C=O) groups is 1. The second-order valence-electron chi connectivity index (χ2n) is 8.22. The Morgan fingerprint density at radius 3 is 2.87 bits per heavy atom. The van der Waals surface area contributed by atoms with Crippen LogP contribution in [0.3, 0.4) is 0 Å². The Morgan fingerprint density at radius 1 is 1.17 bits per heavy atom. The minimum Gasteiger partial charge on any atom is -0.478 e. The van der Waals surface area contributed by atoms with Crippen molar-refractivity contribution in [1.29, 1.82) is 0 Å². The Bertz CT molecular complexity index is 1060. The Kier molecular flexibility index (Phi) is 5.01. The van der Waals surface area contributed by atoms with E-state index >= 15 is 0 Å². The van der Waals surface area contributed by atoms with Gasteiger partial charge in [-0.3, -0.25) is 4.90 Å². The van der Waals surface area contributed by atoms with Gasteiger partial charge in [0.15, 0.2) is 0 Å². The van der Waals surface area contributed by atoms with Crippen molar-refractivity contribution >= 4 is 11.8 Å². The molecule has 0 radical (unpaired) electrons. The highest BCUT2D eigenvalue weighted by atomic mass is 16.4. The van der Waals surface area contributed by atoms with Gasteiger partial charge in [0, 0.05) is 31.1 Å². The van der Waals surface area contributed by atoms with E-state index in [1.165, 1.54) is 23.2 Å². The first-order valence-electron chi connectivity index (χ1n) is 10.6. The molecule has 2 N–H and O–H groups in total. The fourth-order valence-corrected chi connectivity index (χ4v) is 4.75. The number of rotatable bonds is 5. The zero-order valence-corrected chi connectivity index (χ0v) is 16.9. The van der Waals surface area contributed by atoms with Crippen LogP contribution in [0.4, 0.5) is 5.82 Å². The summed E-state index contributed by atoms with van der Waals surface area (Å²) in [6.45, 7) is 4.00. The molecule has 3 heterocycles. The summed E-state index contributed by atoms with van der Waals surface area (Å²) >= 11 is 0. The second kappa shape index (κ2) is 7.95. The van der Waals surface area contributed by atoms with Crippen LogP contribution in [-0.2, 0) is 13.0 Å². The van der Waals surface area contributed by atoms with Crippen LogP contribution in [0.1, 0.15) is 45.9 Å². The van der Waals surface area contributed by atoms with Crippen LogP contribution in [0.5, 0.6) is 0 Å². The first-order valence-corrected chi connectivity index (χ1v) is 10.6. The maximum absolute atomic E-state index is 11.4. The lowest BCUT2D eigenvalue weighted by Crippen LogP contribution is -2.34. The van der Waals surface area contributed by atoms with E-state index in [1.807, 2.05) is 10.7 Å². The smallest absolute Gasteiger partial charge is 0.335 e. The largest absolute Gasteiger partial charge is 0.478 e. The van der Waals surface area contributed by atoms with E-state index in [0.29, 0.717) is 5.92 Å². The van der Waals surface area contributed by atoms with E-state index in [9.17, 15) is 9.90 Å². The number of fused-ring (bicyclic) bond motifs is 1. The summed E-state index contributed by atoms with van der Waals surface area (Å²) in [7, 11) is 0. The number of nitrogens with one attached hydrogen (secondary N) is 1. The molecule has 0 bridgehead atoms. The molecule has 5 rings (SSSR count). The van der Waals surface area contributed by atoms with Gasteiger partial charge >= 0.3 is 5.97 Å². The van der Waals surface area contributed by atoms with Gasteiger partial charge in [0.2, 0.25) is 0 Å². The molecule has 154 valence electrons. The lowest BCUT2D eigenvalue weighted by atomic mass is 9.91. The van der Waals surface area contributed by atoms with Crippen molar-refractivity contribution in [1.82, 2.24) is 14.7 Å². The number of nitrogens with zero attached hydrogens (tertiary/aromatic N) is 3. The normalized spacial score (nSPS) is 18.7. The third-order valence-electron chi connectivity index (χ3n) is 6.16. The first kappa shape index (κ1) is 18.9. The van der Waals surface area contributed by atoms with Crippen LogP contribution in [0.25, 0.3) is 5.69 Å². The van der Waals surface area contributed by atoms with Crippen molar-refractivity contribution in [2.45, 2.75) is 31.7 Å². The van der Waals surface area contributed by atoms with Crippen LogP contribution in [0.15, 0.2) is 54.6 Å². The first-order chi connectivity index (χ1) is 14.7. The van der Waals surface area contributed by atoms with E-state index in [0.717, 1.165) is 50.5 Å². The second-order valence-corrected chi connectivity index (χ2v) is 8.22. The van der Waals surface area contributed by atoms with Crippen LogP contribution >= 0.6 is 0 Å². The van der Waals surface area contributed by atoms with E-state index in [2.05, 4.69) is 40.5 Å². The fraction of sp³-hybridized carbons (Fsp3) is 0.333. The number of anilines is 1. The molecule has 2 aromatic carbocycles. The molecule has 30 heavy (non-hydrogen) atoms. The highest BCUT2D eigenvalue weighted by Crippen LogP contribution is 2.36. The molecule has 0 aliphatic carbocycles. The topological polar surface area (TPSA) is 70.4 Å². The lowest BCUT2D eigenvalue weighted by molar-refractivity contribution is 0.0697. The molecule has 1 unspecified atom stereocenters. The van der Waals surface area contributed by atoms with Crippen molar-refractivity contribution in [2.24, 2.45) is 0 Å². The number of aromatic carboxylic acids is 1. The Balaban J connectivity index is 1.43. The zero-order valence-electron chi connectivity index (χ0n) is 16.9. The third kappa shape index (κ3) is 3.59. The van der Waals surface area contributed by atoms with E-state index in [1.54, 1.807) is 18.2 Å². The maximum atomic E-state index is 11.4.